The minimum atomic E-state index is -5.08. The number of nitrogens with zero attached hydrogens (tertiary/aromatic N) is 4. The van der Waals surface area contributed by atoms with E-state index in [1.54, 1.807) is 6.07 Å². The summed E-state index contributed by atoms with van der Waals surface area (Å²) in [6, 6.07) is 9.42. The summed E-state index contributed by atoms with van der Waals surface area (Å²) in [6.07, 6.45) is -0.161. The number of Topliss-reactive ketones (excluding diaryl/α,β-unsaturated/α-hetero) is 1. The fraction of sp³-hybridized carbons (Fsp3) is 0.423. The molecule has 1 spiro atoms. The van der Waals surface area contributed by atoms with Gasteiger partial charge in [0, 0.05) is 42.1 Å². The predicted octanol–water partition coefficient (Wildman–Crippen LogP) is 4.28. The van der Waals surface area contributed by atoms with Crippen LogP contribution in [0.2, 0.25) is 0 Å². The number of aliphatic carboxylic acids is 1. The molecule has 1 amide bonds. The van der Waals surface area contributed by atoms with Crippen LogP contribution in [-0.4, -0.2) is 61.7 Å². The minimum absolute atomic E-state index is 0.0106. The van der Waals surface area contributed by atoms with Gasteiger partial charge in [0.25, 0.3) is 5.91 Å². The number of nitrogen functional groups attached to an aromatic ring is 1. The molecule has 2 aromatic heterocycles. The number of pyridine rings is 1. The number of nitrogens with two attached hydrogens (primary N) is 1. The smallest absolute Gasteiger partial charge is 0.475 e. The fourth-order valence-corrected chi connectivity index (χ4v) is 5.10. The molecule has 1 saturated heterocycles. The molecule has 12 heteroatoms. The zero-order chi connectivity index (χ0) is 27.8. The van der Waals surface area contributed by atoms with Gasteiger partial charge in [-0.15, -0.1) is 0 Å². The molecule has 3 heterocycles. The Morgan fingerprint density at radius 1 is 1.11 bits per heavy atom. The molecule has 3 aromatic rings. The van der Waals surface area contributed by atoms with E-state index in [-0.39, 0.29) is 23.1 Å². The fourth-order valence-electron chi connectivity index (χ4n) is 5.10. The molecule has 0 unspecified atom stereocenters. The monoisotopic (exact) mass is 531 g/mol. The van der Waals surface area contributed by atoms with Crippen molar-refractivity contribution in [2.24, 2.45) is 5.41 Å². The van der Waals surface area contributed by atoms with Crippen LogP contribution >= 0.6 is 0 Å². The van der Waals surface area contributed by atoms with Crippen molar-refractivity contribution >= 4 is 34.4 Å². The van der Waals surface area contributed by atoms with Crippen LogP contribution in [0.15, 0.2) is 36.5 Å². The predicted molar refractivity (Wildman–Crippen MR) is 133 cm³/mol. The quantitative estimate of drug-likeness (QED) is 0.505. The van der Waals surface area contributed by atoms with Crippen molar-refractivity contribution in [2.75, 3.05) is 18.8 Å². The van der Waals surface area contributed by atoms with Crippen molar-refractivity contribution in [3.05, 3.63) is 53.3 Å². The maximum Gasteiger partial charge on any atom is 0.490 e. The number of carbonyl (C=O) groups is 3. The van der Waals surface area contributed by atoms with Crippen molar-refractivity contribution < 1.29 is 32.7 Å². The van der Waals surface area contributed by atoms with Gasteiger partial charge in [-0.25, -0.2) is 9.78 Å². The van der Waals surface area contributed by atoms with Gasteiger partial charge in [0.1, 0.15) is 11.5 Å². The lowest BCUT2D eigenvalue weighted by molar-refractivity contribution is -0.192. The Hall–Kier alpha value is -3.96. The molecule has 0 radical (unpaired) electrons. The maximum absolute atomic E-state index is 13.1. The van der Waals surface area contributed by atoms with E-state index in [9.17, 15) is 22.8 Å². The molecule has 2 aliphatic rings. The number of piperidine rings is 1. The van der Waals surface area contributed by atoms with Crippen molar-refractivity contribution in [1.82, 2.24) is 19.7 Å². The summed E-state index contributed by atoms with van der Waals surface area (Å²) in [5, 5.41) is 12.5. The van der Waals surface area contributed by atoms with Gasteiger partial charge in [-0.2, -0.15) is 18.3 Å². The first-order valence-electron chi connectivity index (χ1n) is 12.1. The van der Waals surface area contributed by atoms with Crippen molar-refractivity contribution in [3.63, 3.8) is 0 Å². The Balaban J connectivity index is 0.000000426. The average molecular weight is 532 g/mol. The molecule has 1 aromatic carbocycles. The summed E-state index contributed by atoms with van der Waals surface area (Å²) in [6.45, 7) is 5.40. The lowest BCUT2D eigenvalue weighted by Crippen LogP contribution is -2.46. The molecule has 0 atom stereocenters. The number of halogens is 3. The van der Waals surface area contributed by atoms with E-state index in [4.69, 9.17) is 15.6 Å². The number of fused-ring (bicyclic) bond motifs is 2. The molecular formula is C26H28F3N5O4. The Labute approximate surface area is 216 Å². The minimum Gasteiger partial charge on any atom is -0.475 e. The summed E-state index contributed by atoms with van der Waals surface area (Å²) in [5.74, 6) is -2.12. The normalized spacial score (nSPS) is 16.8. The number of carbonyl (C=O) groups excluding carboxylic acids is 2. The van der Waals surface area contributed by atoms with Gasteiger partial charge in [-0.05, 0) is 62.8 Å². The third kappa shape index (κ3) is 5.48. The van der Waals surface area contributed by atoms with E-state index in [0.717, 1.165) is 41.4 Å². The summed E-state index contributed by atoms with van der Waals surface area (Å²) in [5.41, 5.74) is 8.92. The van der Waals surface area contributed by atoms with Gasteiger partial charge in [0.2, 0.25) is 0 Å². The largest absolute Gasteiger partial charge is 0.490 e. The van der Waals surface area contributed by atoms with Crippen LogP contribution in [0.3, 0.4) is 0 Å². The average Bonchev–Trinajstić information content (AvgIpc) is 3.28. The van der Waals surface area contributed by atoms with E-state index < -0.39 is 12.1 Å². The summed E-state index contributed by atoms with van der Waals surface area (Å²) >= 11 is 0. The van der Waals surface area contributed by atoms with Crippen molar-refractivity contribution in [2.45, 2.75) is 51.7 Å². The first-order chi connectivity index (χ1) is 17.8. The Kier molecular flexibility index (Phi) is 7.18. The number of alkyl halides is 3. The number of hydrogen-bond donors (Lipinski definition) is 2. The summed E-state index contributed by atoms with van der Waals surface area (Å²) in [4.78, 5) is 41.2. The molecule has 9 nitrogen and oxygen atoms in total. The lowest BCUT2D eigenvalue weighted by atomic mass is 9.67. The van der Waals surface area contributed by atoms with Crippen molar-refractivity contribution in [1.29, 1.82) is 0 Å². The molecule has 1 aliphatic heterocycles. The third-order valence-corrected chi connectivity index (χ3v) is 7.04. The van der Waals surface area contributed by atoms with Gasteiger partial charge < -0.3 is 15.7 Å². The number of rotatable bonds is 2. The second-order valence-electron chi connectivity index (χ2n) is 10.1. The van der Waals surface area contributed by atoms with E-state index in [1.807, 2.05) is 53.9 Å². The number of benzene rings is 1. The van der Waals surface area contributed by atoms with E-state index in [2.05, 4.69) is 10.1 Å². The highest BCUT2D eigenvalue weighted by molar-refractivity contribution is 5.99. The first kappa shape index (κ1) is 27.1. The SMILES string of the molecule is CC(C)n1ncc2c1C(=O)CC1(CCN(C(=O)c3ccc4ccc(N)nc4c3)CC1)C2.O=C(O)C(F)(F)F. The van der Waals surface area contributed by atoms with Crippen LogP contribution in [-0.2, 0) is 11.2 Å². The van der Waals surface area contributed by atoms with Crippen LogP contribution < -0.4 is 5.73 Å². The zero-order valence-corrected chi connectivity index (χ0v) is 21.0. The Bertz CT molecular complexity index is 1390. The molecule has 0 bridgehead atoms. The highest BCUT2D eigenvalue weighted by atomic mass is 19.4. The van der Waals surface area contributed by atoms with Crippen LogP contribution in [0.5, 0.6) is 0 Å². The van der Waals surface area contributed by atoms with Crippen LogP contribution in [0.25, 0.3) is 10.9 Å². The van der Waals surface area contributed by atoms with Gasteiger partial charge in [0.15, 0.2) is 5.78 Å². The first-order valence-corrected chi connectivity index (χ1v) is 12.1. The number of amides is 1. The standard InChI is InChI=1S/C24H27N5O2.C2HF3O2/c1-15(2)29-22-18(14-26-29)12-24(13-20(22)30)7-9-28(10-8-24)23(31)17-4-3-16-5-6-21(25)27-19(16)11-17;3-2(4,5)1(6)7/h3-6,11,14-15H,7-10,12-13H2,1-2H3,(H2,25,27);(H,6,7). The van der Waals surface area contributed by atoms with Crippen LogP contribution in [0.4, 0.5) is 19.0 Å². The van der Waals surface area contributed by atoms with Gasteiger partial charge in [-0.1, -0.05) is 6.07 Å². The molecule has 3 N–H and O–H groups in total. The molecule has 38 heavy (non-hydrogen) atoms. The van der Waals surface area contributed by atoms with E-state index in [1.165, 1.54) is 0 Å². The van der Waals surface area contributed by atoms with E-state index >= 15 is 0 Å². The maximum atomic E-state index is 13.1. The highest BCUT2D eigenvalue weighted by Crippen LogP contribution is 2.44. The van der Waals surface area contributed by atoms with Crippen LogP contribution in [0, 0.1) is 5.41 Å². The second-order valence-corrected chi connectivity index (χ2v) is 10.1. The number of anilines is 1. The lowest BCUT2D eigenvalue weighted by Gasteiger charge is -2.43. The van der Waals surface area contributed by atoms with Gasteiger partial charge in [0.05, 0.1) is 11.7 Å². The van der Waals surface area contributed by atoms with Crippen LogP contribution in [0.1, 0.15) is 65.6 Å². The Morgan fingerprint density at radius 3 is 2.34 bits per heavy atom. The number of aromatic nitrogens is 3. The molecule has 1 aliphatic carbocycles. The number of carboxylic acid groups (broad SMARTS) is 1. The van der Waals surface area contributed by atoms with Gasteiger partial charge in [-0.3, -0.25) is 14.3 Å². The molecule has 5 rings (SSSR count). The number of likely N-dealkylation sites (tertiary alicyclic amines) is 1. The number of hydrogen-bond acceptors (Lipinski definition) is 6. The van der Waals surface area contributed by atoms with Crippen molar-refractivity contribution in [3.8, 4) is 0 Å². The highest BCUT2D eigenvalue weighted by Gasteiger charge is 2.43. The van der Waals surface area contributed by atoms with E-state index in [0.29, 0.717) is 30.9 Å². The molecular weight excluding hydrogens is 503 g/mol. The topological polar surface area (TPSA) is 131 Å². The molecule has 0 saturated carbocycles. The summed E-state index contributed by atoms with van der Waals surface area (Å²) < 4.78 is 33.6. The third-order valence-electron chi connectivity index (χ3n) is 7.04. The number of ketones is 1. The second kappa shape index (κ2) is 10.1. The molecule has 202 valence electrons. The zero-order valence-electron chi connectivity index (χ0n) is 21.0. The molecule has 1 fully saturated rings. The van der Waals surface area contributed by atoms with Gasteiger partial charge >= 0.3 is 12.1 Å². The number of carboxylic acids is 1. The Morgan fingerprint density at radius 2 is 1.74 bits per heavy atom. The summed E-state index contributed by atoms with van der Waals surface area (Å²) in [7, 11) is 0.